The Balaban J connectivity index is 1.63. The third-order valence-corrected chi connectivity index (χ3v) is 7.48. The third kappa shape index (κ3) is 5.91. The Morgan fingerprint density at radius 3 is 2.37 bits per heavy atom. The second kappa shape index (κ2) is 11.0. The van der Waals surface area contributed by atoms with E-state index in [1.165, 1.54) is 5.56 Å². The third-order valence-electron chi connectivity index (χ3n) is 7.24. The zero-order valence-corrected chi connectivity index (χ0v) is 20.9. The van der Waals surface area contributed by atoms with Crippen LogP contribution in [0, 0.1) is 19.8 Å². The highest BCUT2D eigenvalue weighted by Gasteiger charge is 2.27. The number of rotatable bonds is 7. The van der Waals surface area contributed by atoms with Crippen LogP contribution in [0.15, 0.2) is 65.9 Å². The molecule has 0 unspecified atom stereocenters. The molecule has 0 bridgehead atoms. The fourth-order valence-electron chi connectivity index (χ4n) is 5.25. The minimum Gasteiger partial charge on any atom is -0.481 e. The summed E-state index contributed by atoms with van der Waals surface area (Å²) >= 11 is 6.24. The second-order valence-electron chi connectivity index (χ2n) is 9.54. The van der Waals surface area contributed by atoms with Crippen molar-refractivity contribution in [1.29, 1.82) is 0 Å². The number of oxime groups is 1. The number of hydrogen-bond acceptors (Lipinski definition) is 4. The topological polar surface area (TPSA) is 82.8 Å². The number of carboxylic acids is 1. The van der Waals surface area contributed by atoms with E-state index in [1.807, 2.05) is 31.2 Å². The quantitative estimate of drug-likeness (QED) is 0.210. The van der Waals surface area contributed by atoms with Gasteiger partial charge in [0.2, 0.25) is 0 Å². The van der Waals surface area contributed by atoms with Crippen molar-refractivity contribution in [2.45, 2.75) is 57.8 Å². The van der Waals surface area contributed by atoms with E-state index in [-0.39, 0.29) is 11.8 Å². The average Bonchev–Trinajstić information content (AvgIpc) is 2.86. The molecule has 0 amide bonds. The number of pyridine rings is 1. The predicted octanol–water partition coefficient (Wildman–Crippen LogP) is 7.11. The van der Waals surface area contributed by atoms with Gasteiger partial charge in [0.05, 0.1) is 11.6 Å². The second-order valence-corrected chi connectivity index (χ2v) is 9.98. The Bertz CT molecular complexity index is 1210. The first-order chi connectivity index (χ1) is 16.9. The van der Waals surface area contributed by atoms with E-state index in [9.17, 15) is 15.1 Å². The summed E-state index contributed by atoms with van der Waals surface area (Å²) in [4.78, 5) is 15.6. The van der Waals surface area contributed by atoms with Crippen LogP contribution >= 0.6 is 11.6 Å². The van der Waals surface area contributed by atoms with E-state index >= 15 is 0 Å². The maximum absolute atomic E-state index is 11.3. The molecule has 3 aromatic rings. The summed E-state index contributed by atoms with van der Waals surface area (Å²) in [6.45, 7) is 3.97. The van der Waals surface area contributed by atoms with Gasteiger partial charge in [-0.15, -0.1) is 0 Å². The lowest BCUT2D eigenvalue weighted by Crippen LogP contribution is -2.20. The number of hydrogen-bond donors (Lipinski definition) is 2. The molecular formula is C29H31ClN2O3. The van der Waals surface area contributed by atoms with Crippen LogP contribution in [0.4, 0.5) is 0 Å². The smallest absolute Gasteiger partial charge is 0.306 e. The van der Waals surface area contributed by atoms with Crippen molar-refractivity contribution in [3.63, 3.8) is 0 Å². The predicted molar refractivity (Wildman–Crippen MR) is 139 cm³/mol. The summed E-state index contributed by atoms with van der Waals surface area (Å²) in [6.07, 6.45) is 5.52. The largest absolute Gasteiger partial charge is 0.481 e. The van der Waals surface area contributed by atoms with Gasteiger partial charge < -0.3 is 10.3 Å². The number of benzene rings is 2. The van der Waals surface area contributed by atoms with E-state index in [2.05, 4.69) is 47.4 Å². The van der Waals surface area contributed by atoms with E-state index in [0.29, 0.717) is 23.1 Å². The van der Waals surface area contributed by atoms with Crippen molar-refractivity contribution >= 4 is 23.3 Å². The molecule has 1 atom stereocenters. The van der Waals surface area contributed by atoms with E-state index in [1.54, 1.807) is 6.20 Å². The average molecular weight is 491 g/mol. The van der Waals surface area contributed by atoms with Crippen molar-refractivity contribution in [3.05, 3.63) is 99.3 Å². The number of aryl methyl sites for hydroxylation is 2. The molecule has 1 heterocycles. The van der Waals surface area contributed by atoms with Gasteiger partial charge in [0.25, 0.3) is 0 Å². The summed E-state index contributed by atoms with van der Waals surface area (Å²) in [6, 6.07) is 18.4. The van der Waals surface area contributed by atoms with Gasteiger partial charge >= 0.3 is 5.97 Å². The SMILES string of the molecule is Cc1cc(/C(C[C@H](c2ccc(C3CCC(C(=O)O)CC3)cc2)c2ccc(Cl)cc2C)=N\O)ccn1. The van der Waals surface area contributed by atoms with E-state index in [0.717, 1.165) is 53.6 Å². The molecular weight excluding hydrogens is 460 g/mol. The molecule has 1 aliphatic carbocycles. The Kier molecular flexibility index (Phi) is 7.86. The Morgan fingerprint density at radius 1 is 1.06 bits per heavy atom. The zero-order chi connectivity index (χ0) is 24.9. The van der Waals surface area contributed by atoms with Crippen molar-refractivity contribution in [2.75, 3.05) is 0 Å². The van der Waals surface area contributed by atoms with Gasteiger partial charge in [-0.1, -0.05) is 47.1 Å². The summed E-state index contributed by atoms with van der Waals surface area (Å²) < 4.78 is 0. The summed E-state index contributed by atoms with van der Waals surface area (Å²) in [5, 5.41) is 23.6. The molecule has 2 N–H and O–H groups in total. The van der Waals surface area contributed by atoms with Crippen LogP contribution < -0.4 is 0 Å². The van der Waals surface area contributed by atoms with Crippen molar-refractivity contribution in [2.24, 2.45) is 11.1 Å². The molecule has 0 radical (unpaired) electrons. The normalized spacial score (nSPS) is 19.3. The highest BCUT2D eigenvalue weighted by atomic mass is 35.5. The number of halogens is 1. The maximum atomic E-state index is 11.3. The van der Waals surface area contributed by atoms with Gasteiger partial charge in [-0.3, -0.25) is 9.78 Å². The molecule has 0 saturated heterocycles. The maximum Gasteiger partial charge on any atom is 0.306 e. The number of aliphatic carboxylic acids is 1. The molecule has 1 aromatic heterocycles. The van der Waals surface area contributed by atoms with E-state index in [4.69, 9.17) is 11.6 Å². The Labute approximate surface area is 211 Å². The van der Waals surface area contributed by atoms with Gasteiger partial charge in [0.15, 0.2) is 0 Å². The molecule has 1 saturated carbocycles. The van der Waals surface area contributed by atoms with Crippen LogP contribution in [0.2, 0.25) is 5.02 Å². The minimum absolute atomic E-state index is 0.0246. The number of aromatic nitrogens is 1. The molecule has 0 spiro atoms. The first kappa shape index (κ1) is 24.9. The van der Waals surface area contributed by atoms with Crippen LogP contribution in [-0.2, 0) is 4.79 Å². The molecule has 0 aliphatic heterocycles. The molecule has 35 heavy (non-hydrogen) atoms. The van der Waals surface area contributed by atoms with Gasteiger partial charge in [0, 0.05) is 34.8 Å². The molecule has 6 heteroatoms. The lowest BCUT2D eigenvalue weighted by atomic mass is 9.78. The molecule has 1 aliphatic rings. The standard InChI is InChI=1S/C29H31ClN2O3/c1-18-15-25(30)11-12-26(18)27(17-28(32-35)24-13-14-31-19(2)16-24)22-7-3-20(4-8-22)21-5-9-23(10-6-21)29(33)34/h3-4,7-8,11-16,21,23,27,35H,5-6,9-10,17H2,1-2H3,(H,33,34)/b32-28-/t21?,23?,27-/m1/s1. The summed E-state index contributed by atoms with van der Waals surface area (Å²) in [5.74, 6) is -0.519. The van der Waals surface area contributed by atoms with Gasteiger partial charge in [-0.05, 0) is 92.0 Å². The van der Waals surface area contributed by atoms with Gasteiger partial charge in [0.1, 0.15) is 0 Å². The first-order valence-corrected chi connectivity index (χ1v) is 12.5. The van der Waals surface area contributed by atoms with Crippen molar-refractivity contribution in [3.8, 4) is 0 Å². The van der Waals surface area contributed by atoms with Crippen LogP contribution in [0.1, 0.15) is 77.5 Å². The Morgan fingerprint density at radius 2 is 1.77 bits per heavy atom. The van der Waals surface area contributed by atoms with Crippen molar-refractivity contribution < 1.29 is 15.1 Å². The number of carbonyl (C=O) groups is 1. The lowest BCUT2D eigenvalue weighted by molar-refractivity contribution is -0.142. The highest BCUT2D eigenvalue weighted by molar-refractivity contribution is 6.30. The molecule has 4 rings (SSSR count). The van der Waals surface area contributed by atoms with Crippen LogP contribution in [-0.4, -0.2) is 27.0 Å². The summed E-state index contributed by atoms with van der Waals surface area (Å²) in [7, 11) is 0. The fraction of sp³-hybridized carbons (Fsp3) is 0.345. The zero-order valence-electron chi connectivity index (χ0n) is 20.1. The molecule has 1 fully saturated rings. The summed E-state index contributed by atoms with van der Waals surface area (Å²) in [5.41, 5.74) is 6.92. The molecule has 182 valence electrons. The van der Waals surface area contributed by atoms with Crippen LogP contribution in [0.3, 0.4) is 0 Å². The highest BCUT2D eigenvalue weighted by Crippen LogP contribution is 2.38. The monoisotopic (exact) mass is 490 g/mol. The van der Waals surface area contributed by atoms with Crippen LogP contribution in [0.25, 0.3) is 0 Å². The minimum atomic E-state index is -0.675. The first-order valence-electron chi connectivity index (χ1n) is 12.1. The van der Waals surface area contributed by atoms with Gasteiger partial charge in [-0.2, -0.15) is 0 Å². The molecule has 5 nitrogen and oxygen atoms in total. The molecule has 2 aromatic carbocycles. The fourth-order valence-corrected chi connectivity index (χ4v) is 5.47. The van der Waals surface area contributed by atoms with Crippen molar-refractivity contribution in [1.82, 2.24) is 4.98 Å². The Hall–Kier alpha value is -3.18. The van der Waals surface area contributed by atoms with E-state index < -0.39 is 5.97 Å². The van der Waals surface area contributed by atoms with Gasteiger partial charge in [-0.25, -0.2) is 0 Å². The number of nitrogens with zero attached hydrogens (tertiary/aromatic N) is 2. The number of carboxylic acid groups (broad SMARTS) is 1. The lowest BCUT2D eigenvalue weighted by Gasteiger charge is -2.27. The van der Waals surface area contributed by atoms with Crippen LogP contribution in [0.5, 0.6) is 0 Å².